The molecule has 0 bridgehead atoms. The predicted octanol–water partition coefficient (Wildman–Crippen LogP) is 3.81. The first-order valence-corrected chi connectivity index (χ1v) is 5.66. The van der Waals surface area contributed by atoms with Crippen LogP contribution in [0.3, 0.4) is 0 Å². The summed E-state index contributed by atoms with van der Waals surface area (Å²) in [6.45, 7) is 0. The van der Waals surface area contributed by atoms with Crippen molar-refractivity contribution < 1.29 is 4.39 Å². The number of hydrogen-bond acceptors (Lipinski definition) is 1. The molecular weight excluding hydrogens is 280 g/mol. The molecule has 1 aromatic rings. The highest BCUT2D eigenvalue weighted by Crippen LogP contribution is 2.37. The molecule has 0 amide bonds. The maximum absolute atomic E-state index is 13.1. The average molecular weight is 295 g/mol. The van der Waals surface area contributed by atoms with Crippen molar-refractivity contribution in [1.82, 2.24) is 0 Å². The van der Waals surface area contributed by atoms with Crippen LogP contribution in [0.2, 0.25) is 0 Å². The Morgan fingerprint density at radius 1 is 1.40 bits per heavy atom. The SMILES string of the molecule is Cl.N[C@@H](CC1CC1)c1cc(F)cc(Br)c1. The Morgan fingerprint density at radius 2 is 2.07 bits per heavy atom. The van der Waals surface area contributed by atoms with Gasteiger partial charge in [-0.3, -0.25) is 0 Å². The van der Waals surface area contributed by atoms with Gasteiger partial charge in [-0.2, -0.15) is 0 Å². The predicted molar refractivity (Wildman–Crippen MR) is 65.6 cm³/mol. The molecule has 2 rings (SSSR count). The molecule has 1 atom stereocenters. The van der Waals surface area contributed by atoms with Gasteiger partial charge in [0.2, 0.25) is 0 Å². The minimum Gasteiger partial charge on any atom is -0.324 e. The minimum absolute atomic E-state index is 0. The van der Waals surface area contributed by atoms with E-state index < -0.39 is 0 Å². The molecule has 1 aliphatic carbocycles. The molecule has 0 spiro atoms. The van der Waals surface area contributed by atoms with E-state index in [9.17, 15) is 4.39 Å². The molecule has 0 heterocycles. The third-order valence-electron chi connectivity index (χ3n) is 2.60. The number of halogens is 3. The van der Waals surface area contributed by atoms with E-state index in [4.69, 9.17) is 5.73 Å². The van der Waals surface area contributed by atoms with Crippen LogP contribution >= 0.6 is 28.3 Å². The second-order valence-electron chi connectivity index (χ2n) is 3.99. The van der Waals surface area contributed by atoms with Crippen molar-refractivity contribution in [2.24, 2.45) is 11.7 Å². The van der Waals surface area contributed by atoms with Gasteiger partial charge in [-0.25, -0.2) is 4.39 Å². The molecule has 1 fully saturated rings. The Kier molecular flexibility index (Phi) is 4.56. The summed E-state index contributed by atoms with van der Waals surface area (Å²) in [5.41, 5.74) is 6.88. The van der Waals surface area contributed by atoms with E-state index in [1.54, 1.807) is 0 Å². The summed E-state index contributed by atoms with van der Waals surface area (Å²) in [7, 11) is 0. The van der Waals surface area contributed by atoms with E-state index in [-0.39, 0.29) is 24.3 Å². The number of rotatable bonds is 3. The van der Waals surface area contributed by atoms with Crippen LogP contribution in [0.1, 0.15) is 30.9 Å². The third kappa shape index (κ3) is 3.74. The highest BCUT2D eigenvalue weighted by atomic mass is 79.9. The summed E-state index contributed by atoms with van der Waals surface area (Å²) in [5.74, 6) is 0.549. The first-order chi connectivity index (χ1) is 6.65. The Hall–Kier alpha value is -0.120. The Labute approximate surface area is 104 Å². The lowest BCUT2D eigenvalue weighted by Crippen LogP contribution is -2.11. The van der Waals surface area contributed by atoms with Crippen LogP contribution in [-0.4, -0.2) is 0 Å². The van der Waals surface area contributed by atoms with Crippen LogP contribution in [0.4, 0.5) is 4.39 Å². The molecule has 84 valence electrons. The van der Waals surface area contributed by atoms with Crippen molar-refractivity contribution in [3.63, 3.8) is 0 Å². The first-order valence-electron chi connectivity index (χ1n) is 4.87. The second kappa shape index (κ2) is 5.28. The number of benzene rings is 1. The van der Waals surface area contributed by atoms with Crippen molar-refractivity contribution in [2.45, 2.75) is 25.3 Å². The molecule has 1 aromatic carbocycles. The van der Waals surface area contributed by atoms with Gasteiger partial charge in [-0.05, 0) is 36.1 Å². The maximum Gasteiger partial charge on any atom is 0.124 e. The summed E-state index contributed by atoms with van der Waals surface area (Å²) in [6.07, 6.45) is 3.55. The number of hydrogen-bond donors (Lipinski definition) is 1. The third-order valence-corrected chi connectivity index (χ3v) is 3.06. The van der Waals surface area contributed by atoms with E-state index >= 15 is 0 Å². The van der Waals surface area contributed by atoms with Crippen molar-refractivity contribution in [3.8, 4) is 0 Å². The van der Waals surface area contributed by atoms with Crippen LogP contribution in [0.25, 0.3) is 0 Å². The molecule has 2 N–H and O–H groups in total. The fourth-order valence-corrected chi connectivity index (χ4v) is 2.12. The van der Waals surface area contributed by atoms with E-state index in [1.807, 2.05) is 6.07 Å². The van der Waals surface area contributed by atoms with Gasteiger partial charge in [0.25, 0.3) is 0 Å². The smallest absolute Gasteiger partial charge is 0.124 e. The number of nitrogens with two attached hydrogens (primary N) is 1. The van der Waals surface area contributed by atoms with Crippen LogP contribution in [0.15, 0.2) is 22.7 Å². The van der Waals surface area contributed by atoms with Crippen LogP contribution in [-0.2, 0) is 0 Å². The van der Waals surface area contributed by atoms with Crippen molar-refractivity contribution in [1.29, 1.82) is 0 Å². The molecule has 0 radical (unpaired) electrons. The molecule has 1 aliphatic rings. The zero-order valence-corrected chi connectivity index (χ0v) is 10.7. The van der Waals surface area contributed by atoms with E-state index in [0.29, 0.717) is 0 Å². The largest absolute Gasteiger partial charge is 0.324 e. The lowest BCUT2D eigenvalue weighted by molar-refractivity contribution is 0.582. The van der Waals surface area contributed by atoms with Gasteiger partial charge >= 0.3 is 0 Å². The van der Waals surface area contributed by atoms with Crippen LogP contribution in [0.5, 0.6) is 0 Å². The molecule has 0 saturated heterocycles. The second-order valence-corrected chi connectivity index (χ2v) is 4.90. The Morgan fingerprint density at radius 3 is 2.60 bits per heavy atom. The topological polar surface area (TPSA) is 26.0 Å². The molecule has 1 saturated carbocycles. The summed E-state index contributed by atoms with van der Waals surface area (Å²) < 4.78 is 13.8. The minimum atomic E-state index is -0.222. The van der Waals surface area contributed by atoms with Gasteiger partial charge < -0.3 is 5.73 Å². The van der Waals surface area contributed by atoms with Gasteiger partial charge in [0.1, 0.15) is 5.82 Å². The van der Waals surface area contributed by atoms with Crippen molar-refractivity contribution >= 4 is 28.3 Å². The highest BCUT2D eigenvalue weighted by Gasteiger charge is 2.24. The fourth-order valence-electron chi connectivity index (χ4n) is 1.64. The van der Waals surface area contributed by atoms with Gasteiger partial charge in [0, 0.05) is 10.5 Å². The lowest BCUT2D eigenvalue weighted by atomic mass is 10.0. The Balaban J connectivity index is 0.00000112. The van der Waals surface area contributed by atoms with Crippen molar-refractivity contribution in [3.05, 3.63) is 34.1 Å². The zero-order chi connectivity index (χ0) is 10.1. The monoisotopic (exact) mass is 293 g/mol. The van der Waals surface area contributed by atoms with E-state index in [0.717, 1.165) is 22.4 Å². The summed E-state index contributed by atoms with van der Waals surface area (Å²) in [6, 6.07) is 4.86. The van der Waals surface area contributed by atoms with Crippen LogP contribution < -0.4 is 5.73 Å². The molecule has 0 aliphatic heterocycles. The quantitative estimate of drug-likeness (QED) is 0.901. The van der Waals surface area contributed by atoms with Gasteiger partial charge in [0.05, 0.1) is 0 Å². The molecule has 15 heavy (non-hydrogen) atoms. The fraction of sp³-hybridized carbons (Fsp3) is 0.455. The maximum atomic E-state index is 13.1. The van der Waals surface area contributed by atoms with Crippen molar-refractivity contribution in [2.75, 3.05) is 0 Å². The zero-order valence-electron chi connectivity index (χ0n) is 8.25. The molecule has 4 heteroatoms. The molecule has 0 aromatic heterocycles. The van der Waals surface area contributed by atoms with E-state index in [1.165, 1.54) is 25.0 Å². The summed E-state index contributed by atoms with van der Waals surface area (Å²) in [5, 5.41) is 0. The van der Waals surface area contributed by atoms with E-state index in [2.05, 4.69) is 15.9 Å². The first kappa shape index (κ1) is 12.9. The van der Waals surface area contributed by atoms with Gasteiger partial charge in [0.15, 0.2) is 0 Å². The summed E-state index contributed by atoms with van der Waals surface area (Å²) >= 11 is 3.27. The molecule has 1 nitrogen and oxygen atoms in total. The molecular formula is C11H14BrClFN. The molecule has 0 unspecified atom stereocenters. The summed E-state index contributed by atoms with van der Waals surface area (Å²) in [4.78, 5) is 0. The Bertz CT molecular complexity index is 321. The highest BCUT2D eigenvalue weighted by molar-refractivity contribution is 9.10. The normalized spacial score (nSPS) is 17.0. The average Bonchev–Trinajstić information content (AvgIpc) is 2.86. The van der Waals surface area contributed by atoms with Gasteiger partial charge in [-0.15, -0.1) is 12.4 Å². The lowest BCUT2D eigenvalue weighted by Gasteiger charge is -2.11. The van der Waals surface area contributed by atoms with Crippen LogP contribution in [0, 0.1) is 11.7 Å². The standard InChI is InChI=1S/C11H13BrFN.ClH/c12-9-4-8(5-10(13)6-9)11(14)3-7-1-2-7;/h4-7,11H,1-3,14H2;1H/t11-;/m0./s1. The van der Waals surface area contributed by atoms with Gasteiger partial charge in [-0.1, -0.05) is 28.8 Å².